The van der Waals surface area contributed by atoms with Gasteiger partial charge < -0.3 is 5.32 Å². The number of allylic oxidation sites excluding steroid dienone is 1. The zero-order chi connectivity index (χ0) is 9.14. The molecule has 0 saturated heterocycles. The first-order chi connectivity index (χ1) is 5.70. The first-order valence-corrected chi connectivity index (χ1v) is 5.04. The Bertz CT molecular complexity index is 172. The Hall–Kier alpha value is -0.460. The topological polar surface area (TPSA) is 12.0 Å². The summed E-state index contributed by atoms with van der Waals surface area (Å²) < 4.78 is 0. The van der Waals surface area contributed by atoms with Crippen molar-refractivity contribution in [1.82, 2.24) is 5.32 Å². The summed E-state index contributed by atoms with van der Waals surface area (Å²) in [5.41, 5.74) is 1.53. The monoisotopic (exact) mass is 167 g/mol. The van der Waals surface area contributed by atoms with Crippen molar-refractivity contribution in [2.75, 3.05) is 7.05 Å². The molecule has 0 heterocycles. The number of rotatable bonds is 4. The van der Waals surface area contributed by atoms with E-state index in [1.807, 2.05) is 7.05 Å². The maximum Gasteiger partial charge on any atom is 0.00276 e. The highest BCUT2D eigenvalue weighted by atomic mass is 14.8. The minimum Gasteiger partial charge on any atom is -0.394 e. The molecule has 1 heteroatoms. The molecular weight excluding hydrogens is 146 g/mol. The third kappa shape index (κ3) is 2.02. The summed E-state index contributed by atoms with van der Waals surface area (Å²) in [6.07, 6.45) is 4.89. The van der Waals surface area contributed by atoms with E-state index in [0.29, 0.717) is 0 Å². The third-order valence-corrected chi connectivity index (χ3v) is 3.17. The van der Waals surface area contributed by atoms with Crippen LogP contribution < -0.4 is 5.32 Å². The zero-order valence-corrected chi connectivity index (χ0v) is 8.72. The van der Waals surface area contributed by atoms with E-state index in [-0.39, 0.29) is 0 Å². The van der Waals surface area contributed by atoms with Crippen molar-refractivity contribution in [1.29, 1.82) is 0 Å². The number of nitrogens with one attached hydrogen (secondary N) is 1. The van der Waals surface area contributed by atoms with Crippen LogP contribution in [0.2, 0.25) is 0 Å². The molecule has 1 N–H and O–H groups in total. The van der Waals surface area contributed by atoms with E-state index in [1.165, 1.54) is 18.4 Å². The van der Waals surface area contributed by atoms with E-state index < -0.39 is 0 Å². The maximum atomic E-state index is 3.10. The van der Waals surface area contributed by atoms with Gasteiger partial charge in [-0.3, -0.25) is 0 Å². The maximum absolute atomic E-state index is 3.10. The molecule has 1 saturated carbocycles. The van der Waals surface area contributed by atoms with Gasteiger partial charge in [0.25, 0.3) is 0 Å². The fourth-order valence-electron chi connectivity index (χ4n) is 2.00. The van der Waals surface area contributed by atoms with E-state index in [2.05, 4.69) is 32.3 Å². The van der Waals surface area contributed by atoms with Crippen molar-refractivity contribution < 1.29 is 0 Å². The fraction of sp³-hybridized carbons (Fsp3) is 0.818. The first kappa shape index (κ1) is 9.63. The quantitative estimate of drug-likeness (QED) is 0.679. The largest absolute Gasteiger partial charge is 0.394 e. The van der Waals surface area contributed by atoms with Crippen molar-refractivity contribution in [2.45, 2.75) is 33.6 Å². The van der Waals surface area contributed by atoms with Crippen LogP contribution >= 0.6 is 0 Å². The SMILES string of the molecule is CCC(C)C1CC1/C(C)=C/NC. The van der Waals surface area contributed by atoms with Crippen LogP contribution in [0.4, 0.5) is 0 Å². The Morgan fingerprint density at radius 3 is 2.83 bits per heavy atom. The van der Waals surface area contributed by atoms with Crippen LogP contribution in [0, 0.1) is 17.8 Å². The minimum atomic E-state index is 0.882. The molecule has 3 atom stereocenters. The van der Waals surface area contributed by atoms with Crippen LogP contribution in [0.15, 0.2) is 11.8 Å². The van der Waals surface area contributed by atoms with E-state index in [0.717, 1.165) is 17.8 Å². The van der Waals surface area contributed by atoms with E-state index in [4.69, 9.17) is 0 Å². The molecule has 0 aromatic rings. The second-order valence-corrected chi connectivity index (χ2v) is 4.07. The van der Waals surface area contributed by atoms with Crippen LogP contribution in [-0.2, 0) is 0 Å². The molecule has 0 aliphatic heterocycles. The molecule has 3 unspecified atom stereocenters. The Morgan fingerprint density at radius 2 is 2.33 bits per heavy atom. The summed E-state index contributed by atoms with van der Waals surface area (Å²) in [4.78, 5) is 0. The summed E-state index contributed by atoms with van der Waals surface area (Å²) in [5.74, 6) is 2.77. The van der Waals surface area contributed by atoms with Gasteiger partial charge in [-0.2, -0.15) is 0 Å². The molecular formula is C11H21N. The van der Waals surface area contributed by atoms with Crippen LogP contribution in [0.5, 0.6) is 0 Å². The average Bonchev–Trinajstić information content (AvgIpc) is 2.82. The molecule has 1 nitrogen and oxygen atoms in total. The lowest BCUT2D eigenvalue weighted by Crippen LogP contribution is -2.00. The van der Waals surface area contributed by atoms with Gasteiger partial charge in [0.2, 0.25) is 0 Å². The van der Waals surface area contributed by atoms with Crippen molar-refractivity contribution >= 4 is 0 Å². The first-order valence-electron chi connectivity index (χ1n) is 5.04. The third-order valence-electron chi connectivity index (χ3n) is 3.17. The molecule has 1 fully saturated rings. The minimum absolute atomic E-state index is 0.882. The van der Waals surface area contributed by atoms with Crippen LogP contribution in [-0.4, -0.2) is 7.05 Å². The second kappa shape index (κ2) is 3.97. The fourth-order valence-corrected chi connectivity index (χ4v) is 2.00. The summed E-state index contributed by atoms with van der Waals surface area (Å²) >= 11 is 0. The van der Waals surface area contributed by atoms with Gasteiger partial charge in [0.15, 0.2) is 0 Å². The predicted molar refractivity (Wildman–Crippen MR) is 53.9 cm³/mol. The molecule has 70 valence electrons. The van der Waals surface area contributed by atoms with Crippen LogP contribution in [0.1, 0.15) is 33.6 Å². The van der Waals surface area contributed by atoms with Gasteiger partial charge in [-0.15, -0.1) is 0 Å². The van der Waals surface area contributed by atoms with Gasteiger partial charge in [0.1, 0.15) is 0 Å². The lowest BCUT2D eigenvalue weighted by molar-refractivity contribution is 0.473. The van der Waals surface area contributed by atoms with E-state index in [1.54, 1.807) is 0 Å². The predicted octanol–water partition coefficient (Wildman–Crippen LogP) is 2.79. The van der Waals surface area contributed by atoms with Gasteiger partial charge in [-0.25, -0.2) is 0 Å². The molecule has 0 aromatic carbocycles. The highest BCUT2D eigenvalue weighted by Gasteiger charge is 2.40. The van der Waals surface area contributed by atoms with Gasteiger partial charge in [-0.05, 0) is 37.3 Å². The molecule has 0 bridgehead atoms. The summed E-state index contributed by atoms with van der Waals surface area (Å²) in [7, 11) is 1.98. The summed E-state index contributed by atoms with van der Waals surface area (Å²) in [6, 6.07) is 0. The lowest BCUT2D eigenvalue weighted by atomic mass is 10.00. The Kier molecular flexibility index (Phi) is 3.19. The summed E-state index contributed by atoms with van der Waals surface area (Å²) in [5, 5.41) is 3.10. The highest BCUT2D eigenvalue weighted by molar-refractivity contribution is 5.13. The van der Waals surface area contributed by atoms with Crippen molar-refractivity contribution in [3.63, 3.8) is 0 Å². The van der Waals surface area contributed by atoms with E-state index >= 15 is 0 Å². The molecule has 0 spiro atoms. The highest BCUT2D eigenvalue weighted by Crippen LogP contribution is 2.49. The van der Waals surface area contributed by atoms with Gasteiger partial charge in [0.05, 0.1) is 0 Å². The average molecular weight is 167 g/mol. The van der Waals surface area contributed by atoms with Crippen molar-refractivity contribution in [2.24, 2.45) is 17.8 Å². The summed E-state index contributed by atoms with van der Waals surface area (Å²) in [6.45, 7) is 6.90. The Labute approximate surface area is 76.2 Å². The molecule has 1 aliphatic carbocycles. The number of hydrogen-bond acceptors (Lipinski definition) is 1. The lowest BCUT2D eigenvalue weighted by Gasteiger charge is -2.07. The van der Waals surface area contributed by atoms with Gasteiger partial charge >= 0.3 is 0 Å². The van der Waals surface area contributed by atoms with Gasteiger partial charge in [0, 0.05) is 7.05 Å². The Balaban J connectivity index is 2.36. The molecule has 0 radical (unpaired) electrons. The zero-order valence-electron chi connectivity index (χ0n) is 8.72. The van der Waals surface area contributed by atoms with Crippen molar-refractivity contribution in [3.8, 4) is 0 Å². The number of hydrogen-bond donors (Lipinski definition) is 1. The standard InChI is InChI=1S/C11H21N/c1-5-8(2)10-6-11(10)9(3)7-12-4/h7-8,10-12H,5-6H2,1-4H3/b9-7+. The molecule has 1 aliphatic rings. The van der Waals surface area contributed by atoms with Crippen molar-refractivity contribution in [3.05, 3.63) is 11.8 Å². The Morgan fingerprint density at radius 1 is 1.67 bits per heavy atom. The van der Waals surface area contributed by atoms with Crippen LogP contribution in [0.25, 0.3) is 0 Å². The smallest absolute Gasteiger partial charge is 0.00276 e. The molecule has 1 rings (SSSR count). The molecule has 0 amide bonds. The van der Waals surface area contributed by atoms with Gasteiger partial charge in [-0.1, -0.05) is 25.8 Å². The molecule has 0 aromatic heterocycles. The normalized spacial score (nSPS) is 31.5. The second-order valence-electron chi connectivity index (χ2n) is 4.07. The van der Waals surface area contributed by atoms with E-state index in [9.17, 15) is 0 Å². The van der Waals surface area contributed by atoms with Crippen LogP contribution in [0.3, 0.4) is 0 Å². The molecule has 12 heavy (non-hydrogen) atoms.